The van der Waals surface area contributed by atoms with Crippen LogP contribution >= 0.6 is 0 Å². The van der Waals surface area contributed by atoms with Crippen molar-refractivity contribution in [2.45, 2.75) is 38.8 Å². The monoisotopic (exact) mass is 316 g/mol. The largest absolute Gasteiger partial charge is 0.448 e. The molecule has 0 spiro atoms. The molecule has 1 aromatic carbocycles. The fraction of sp³-hybridized carbons (Fsp3) is 0.353. The predicted molar refractivity (Wildman–Crippen MR) is 85.0 cm³/mol. The summed E-state index contributed by atoms with van der Waals surface area (Å²) in [6.07, 6.45) is 2.50. The molecular weight excluding hydrogens is 296 g/mol. The van der Waals surface area contributed by atoms with Crippen LogP contribution in [0.15, 0.2) is 36.0 Å². The first-order chi connectivity index (χ1) is 11.0. The number of carbonyl (C=O) groups is 3. The number of ether oxygens (including phenoxy) is 1. The van der Waals surface area contributed by atoms with E-state index in [1.807, 2.05) is 18.2 Å². The third-order valence-electron chi connectivity index (χ3n) is 3.22. The second kappa shape index (κ2) is 7.58. The van der Waals surface area contributed by atoms with Gasteiger partial charge in [-0.05, 0) is 31.4 Å². The van der Waals surface area contributed by atoms with E-state index in [4.69, 9.17) is 4.74 Å². The average Bonchev–Trinajstić information content (AvgIpc) is 3.31. The molecule has 0 saturated heterocycles. The molecule has 0 radical (unpaired) electrons. The zero-order valence-electron chi connectivity index (χ0n) is 13.2. The smallest absolute Gasteiger partial charge is 0.355 e. The first-order valence-electron chi connectivity index (χ1n) is 7.51. The summed E-state index contributed by atoms with van der Waals surface area (Å²) in [7, 11) is 0. The fourth-order valence-corrected chi connectivity index (χ4v) is 1.88. The van der Waals surface area contributed by atoms with Crippen LogP contribution in [0.1, 0.15) is 32.3 Å². The van der Waals surface area contributed by atoms with Gasteiger partial charge in [0.25, 0.3) is 5.91 Å². The van der Waals surface area contributed by atoms with Crippen molar-refractivity contribution in [3.63, 3.8) is 0 Å². The van der Waals surface area contributed by atoms with Crippen LogP contribution in [0.4, 0.5) is 0 Å². The summed E-state index contributed by atoms with van der Waals surface area (Å²) in [6, 6.07) is 9.25. The maximum Gasteiger partial charge on any atom is 0.355 e. The van der Waals surface area contributed by atoms with Gasteiger partial charge < -0.3 is 15.4 Å². The van der Waals surface area contributed by atoms with Crippen molar-refractivity contribution in [3.05, 3.63) is 41.6 Å². The lowest BCUT2D eigenvalue weighted by Crippen LogP contribution is -2.38. The van der Waals surface area contributed by atoms with Crippen LogP contribution in [0, 0.1) is 0 Å². The number of carbonyl (C=O) groups excluding carboxylic acids is 3. The molecule has 2 rings (SSSR count). The minimum absolute atomic E-state index is 0.00484. The minimum Gasteiger partial charge on any atom is -0.448 e. The van der Waals surface area contributed by atoms with E-state index in [-0.39, 0.29) is 23.6 Å². The van der Waals surface area contributed by atoms with Gasteiger partial charge in [0.2, 0.25) is 5.91 Å². The fourth-order valence-electron chi connectivity index (χ4n) is 1.88. The van der Waals surface area contributed by atoms with Crippen LogP contribution in [-0.2, 0) is 19.1 Å². The van der Waals surface area contributed by atoms with Crippen LogP contribution in [0.2, 0.25) is 0 Å². The molecule has 0 aliphatic heterocycles. The average molecular weight is 316 g/mol. The second-order valence-electron chi connectivity index (χ2n) is 5.48. The first-order valence-corrected chi connectivity index (χ1v) is 7.51. The van der Waals surface area contributed by atoms with Gasteiger partial charge >= 0.3 is 5.97 Å². The number of amides is 2. The first kappa shape index (κ1) is 16.7. The molecule has 1 unspecified atom stereocenters. The molecule has 1 saturated carbocycles. The number of hydrogen-bond acceptors (Lipinski definition) is 4. The van der Waals surface area contributed by atoms with Crippen molar-refractivity contribution in [1.29, 1.82) is 0 Å². The highest BCUT2D eigenvalue weighted by Crippen LogP contribution is 2.19. The lowest BCUT2D eigenvalue weighted by molar-refractivity contribution is -0.151. The summed E-state index contributed by atoms with van der Waals surface area (Å²) in [5, 5.41) is 5.21. The Labute approximate surface area is 134 Å². The lowest BCUT2D eigenvalue weighted by Gasteiger charge is -2.15. The molecule has 1 aromatic rings. The summed E-state index contributed by atoms with van der Waals surface area (Å²) >= 11 is 0. The highest BCUT2D eigenvalue weighted by molar-refractivity contribution is 5.98. The Bertz CT molecular complexity index is 621. The van der Waals surface area contributed by atoms with E-state index >= 15 is 0 Å². The molecule has 6 nitrogen and oxygen atoms in total. The van der Waals surface area contributed by atoms with E-state index in [2.05, 4.69) is 10.6 Å². The Hall–Kier alpha value is -2.63. The Balaban J connectivity index is 2.05. The van der Waals surface area contributed by atoms with E-state index in [0.29, 0.717) is 0 Å². The Morgan fingerprint density at radius 1 is 1.22 bits per heavy atom. The summed E-state index contributed by atoms with van der Waals surface area (Å²) in [4.78, 5) is 35.3. The summed E-state index contributed by atoms with van der Waals surface area (Å²) in [5.74, 6) is -1.47. The van der Waals surface area contributed by atoms with Crippen molar-refractivity contribution in [1.82, 2.24) is 10.6 Å². The third kappa shape index (κ3) is 5.58. The minimum atomic E-state index is -0.920. The molecule has 23 heavy (non-hydrogen) atoms. The molecule has 1 aliphatic rings. The van der Waals surface area contributed by atoms with Gasteiger partial charge in [0.15, 0.2) is 6.10 Å². The number of hydrogen-bond donors (Lipinski definition) is 2. The number of esters is 1. The van der Waals surface area contributed by atoms with E-state index < -0.39 is 12.1 Å². The number of benzene rings is 1. The maximum atomic E-state index is 12.2. The number of nitrogens with one attached hydrogen (secondary N) is 2. The van der Waals surface area contributed by atoms with E-state index in [9.17, 15) is 14.4 Å². The second-order valence-corrected chi connectivity index (χ2v) is 5.48. The zero-order chi connectivity index (χ0) is 16.8. The van der Waals surface area contributed by atoms with Gasteiger partial charge in [0, 0.05) is 13.0 Å². The molecular formula is C17H20N2O4. The van der Waals surface area contributed by atoms with Gasteiger partial charge in [0.05, 0.1) is 0 Å². The van der Waals surface area contributed by atoms with Crippen molar-refractivity contribution in [3.8, 4) is 0 Å². The molecule has 0 aromatic heterocycles. The molecule has 122 valence electrons. The molecule has 1 fully saturated rings. The topological polar surface area (TPSA) is 84.5 Å². The molecule has 0 heterocycles. The lowest BCUT2D eigenvalue weighted by atomic mass is 10.2. The van der Waals surface area contributed by atoms with Crippen molar-refractivity contribution in [2.24, 2.45) is 0 Å². The quantitative estimate of drug-likeness (QED) is 0.613. The third-order valence-corrected chi connectivity index (χ3v) is 3.22. The van der Waals surface area contributed by atoms with Crippen LogP contribution in [0.5, 0.6) is 0 Å². The molecule has 1 atom stereocenters. The normalized spacial score (nSPS) is 15.5. The molecule has 6 heteroatoms. The van der Waals surface area contributed by atoms with Crippen LogP contribution < -0.4 is 10.6 Å². The standard InChI is InChI=1S/C17H20N2O4/c1-11(16(21)19-14-8-9-14)23-17(22)15(18-12(2)20)10-13-6-4-3-5-7-13/h3-7,10-11,14H,8-9H2,1-2H3,(H,18,20)(H,19,21)/b15-10-. The summed E-state index contributed by atoms with van der Waals surface area (Å²) in [5.41, 5.74) is 0.734. The van der Waals surface area contributed by atoms with Crippen LogP contribution in [0.3, 0.4) is 0 Å². The van der Waals surface area contributed by atoms with Crippen molar-refractivity contribution in [2.75, 3.05) is 0 Å². The number of rotatable bonds is 6. The molecule has 2 N–H and O–H groups in total. The highest BCUT2D eigenvalue weighted by atomic mass is 16.5. The Kier molecular flexibility index (Phi) is 5.51. The van der Waals surface area contributed by atoms with E-state index in [1.165, 1.54) is 19.9 Å². The van der Waals surface area contributed by atoms with Gasteiger partial charge in [-0.1, -0.05) is 30.3 Å². The Morgan fingerprint density at radius 3 is 2.43 bits per heavy atom. The van der Waals surface area contributed by atoms with E-state index in [0.717, 1.165) is 18.4 Å². The van der Waals surface area contributed by atoms with Gasteiger partial charge in [-0.15, -0.1) is 0 Å². The van der Waals surface area contributed by atoms with Crippen molar-refractivity contribution < 1.29 is 19.1 Å². The molecule has 2 amide bonds. The van der Waals surface area contributed by atoms with Gasteiger partial charge in [-0.3, -0.25) is 9.59 Å². The summed E-state index contributed by atoms with van der Waals surface area (Å²) < 4.78 is 5.14. The highest BCUT2D eigenvalue weighted by Gasteiger charge is 2.27. The van der Waals surface area contributed by atoms with Gasteiger partial charge in [-0.2, -0.15) is 0 Å². The maximum absolute atomic E-state index is 12.2. The van der Waals surface area contributed by atoms with Crippen molar-refractivity contribution >= 4 is 23.9 Å². The molecule has 0 bridgehead atoms. The van der Waals surface area contributed by atoms with E-state index in [1.54, 1.807) is 12.1 Å². The SMILES string of the molecule is CC(=O)N/C(=C\c1ccccc1)C(=O)OC(C)C(=O)NC1CC1. The van der Waals surface area contributed by atoms with Gasteiger partial charge in [-0.25, -0.2) is 4.79 Å². The zero-order valence-corrected chi connectivity index (χ0v) is 13.2. The summed E-state index contributed by atoms with van der Waals surface area (Å²) in [6.45, 7) is 2.80. The van der Waals surface area contributed by atoms with Crippen LogP contribution in [-0.4, -0.2) is 29.9 Å². The van der Waals surface area contributed by atoms with Gasteiger partial charge in [0.1, 0.15) is 5.70 Å². The molecule has 1 aliphatic carbocycles. The predicted octanol–water partition coefficient (Wildman–Crippen LogP) is 1.37. The van der Waals surface area contributed by atoms with Crippen LogP contribution in [0.25, 0.3) is 6.08 Å². The Morgan fingerprint density at radius 2 is 1.87 bits per heavy atom.